The Bertz CT molecular complexity index is 654. The highest BCUT2D eigenvalue weighted by Gasteiger charge is 2.04. The Morgan fingerprint density at radius 1 is 1.24 bits per heavy atom. The molecular formula is C17H19N3O. The molecule has 4 nitrogen and oxygen atoms in total. The van der Waals surface area contributed by atoms with E-state index in [1.165, 1.54) is 0 Å². The Hall–Kier alpha value is -2.62. The van der Waals surface area contributed by atoms with Gasteiger partial charge in [0.1, 0.15) is 0 Å². The summed E-state index contributed by atoms with van der Waals surface area (Å²) in [6, 6.07) is 13.8. The zero-order valence-corrected chi connectivity index (χ0v) is 12.3. The summed E-state index contributed by atoms with van der Waals surface area (Å²) in [4.78, 5) is 11.7. The van der Waals surface area contributed by atoms with Gasteiger partial charge in [-0.3, -0.25) is 4.79 Å². The zero-order chi connectivity index (χ0) is 15.1. The predicted molar refractivity (Wildman–Crippen MR) is 85.8 cm³/mol. The second-order valence-corrected chi connectivity index (χ2v) is 4.88. The van der Waals surface area contributed by atoms with Gasteiger partial charge in [-0.2, -0.15) is 5.10 Å². The van der Waals surface area contributed by atoms with E-state index in [9.17, 15) is 4.79 Å². The van der Waals surface area contributed by atoms with Crippen LogP contribution in [0, 0.1) is 0 Å². The van der Waals surface area contributed by atoms with Gasteiger partial charge in [0.15, 0.2) is 0 Å². The lowest BCUT2D eigenvalue weighted by Gasteiger charge is -2.02. The number of hydrazone groups is 1. The lowest BCUT2D eigenvalue weighted by Crippen LogP contribution is -2.20. The van der Waals surface area contributed by atoms with Gasteiger partial charge in [-0.1, -0.05) is 36.4 Å². The lowest BCUT2D eigenvalue weighted by molar-refractivity contribution is -0.120. The molecule has 0 atom stereocenters. The lowest BCUT2D eigenvalue weighted by atomic mass is 10.1. The first kappa shape index (κ1) is 14.8. The summed E-state index contributed by atoms with van der Waals surface area (Å²) in [5.41, 5.74) is 5.58. The van der Waals surface area contributed by atoms with Crippen LogP contribution in [0.1, 0.15) is 18.2 Å². The van der Waals surface area contributed by atoms with Gasteiger partial charge in [0.25, 0.3) is 0 Å². The predicted octanol–water partition coefficient (Wildman–Crippen LogP) is 2.77. The number of hydrogen-bond acceptors (Lipinski definition) is 2. The highest BCUT2D eigenvalue weighted by Crippen LogP contribution is 2.04. The van der Waals surface area contributed by atoms with E-state index in [-0.39, 0.29) is 5.91 Å². The average Bonchev–Trinajstić information content (AvgIpc) is 2.85. The molecule has 1 aromatic carbocycles. The van der Waals surface area contributed by atoms with Gasteiger partial charge in [0.2, 0.25) is 5.91 Å². The minimum Gasteiger partial charge on any atom is -0.354 e. The van der Waals surface area contributed by atoms with E-state index in [0.717, 1.165) is 16.8 Å². The Morgan fingerprint density at radius 2 is 2.00 bits per heavy atom. The van der Waals surface area contributed by atoms with Crippen LogP contribution in [0.3, 0.4) is 0 Å². The van der Waals surface area contributed by atoms with Gasteiger partial charge >= 0.3 is 0 Å². The first-order chi connectivity index (χ1) is 10.1. The maximum Gasteiger partial charge on any atom is 0.245 e. The van der Waals surface area contributed by atoms with E-state index in [4.69, 9.17) is 0 Å². The Labute approximate surface area is 124 Å². The zero-order valence-electron chi connectivity index (χ0n) is 12.3. The van der Waals surface area contributed by atoms with Crippen LogP contribution in [-0.4, -0.2) is 16.7 Å². The minimum atomic E-state index is -0.124. The Balaban J connectivity index is 1.86. The van der Waals surface area contributed by atoms with Gasteiger partial charge in [0.05, 0.1) is 12.6 Å². The van der Waals surface area contributed by atoms with Crippen molar-refractivity contribution in [1.29, 1.82) is 0 Å². The SMILES string of the molecule is CC(/C=N\NC(=O)Cc1cccn1C)=C\c1ccccc1. The molecule has 0 bridgehead atoms. The van der Waals surface area contributed by atoms with Crippen LogP contribution in [0.15, 0.2) is 59.3 Å². The minimum absolute atomic E-state index is 0.124. The summed E-state index contributed by atoms with van der Waals surface area (Å²) in [7, 11) is 1.92. The number of amides is 1. The maximum absolute atomic E-state index is 11.7. The van der Waals surface area contributed by atoms with E-state index in [1.807, 2.05) is 73.3 Å². The maximum atomic E-state index is 11.7. The van der Waals surface area contributed by atoms with Crippen LogP contribution in [0.2, 0.25) is 0 Å². The van der Waals surface area contributed by atoms with Gasteiger partial charge < -0.3 is 4.57 Å². The Morgan fingerprint density at radius 3 is 2.67 bits per heavy atom. The van der Waals surface area contributed by atoms with Crippen LogP contribution >= 0.6 is 0 Å². The molecule has 4 heteroatoms. The van der Waals surface area contributed by atoms with Crippen molar-refractivity contribution in [2.45, 2.75) is 13.3 Å². The highest BCUT2D eigenvalue weighted by molar-refractivity contribution is 5.86. The van der Waals surface area contributed by atoms with Gasteiger partial charge in [0, 0.05) is 18.9 Å². The smallest absolute Gasteiger partial charge is 0.245 e. The highest BCUT2D eigenvalue weighted by atomic mass is 16.2. The number of nitrogens with one attached hydrogen (secondary N) is 1. The van der Waals surface area contributed by atoms with Crippen molar-refractivity contribution in [3.8, 4) is 0 Å². The number of carbonyl (C=O) groups is 1. The van der Waals surface area contributed by atoms with Crippen molar-refractivity contribution in [3.05, 3.63) is 65.5 Å². The molecule has 0 aliphatic rings. The molecular weight excluding hydrogens is 262 g/mol. The fourth-order valence-corrected chi connectivity index (χ4v) is 1.94. The summed E-state index contributed by atoms with van der Waals surface area (Å²) in [6.45, 7) is 1.94. The topological polar surface area (TPSA) is 46.4 Å². The molecule has 1 aromatic heterocycles. The molecule has 0 saturated heterocycles. The summed E-state index contributed by atoms with van der Waals surface area (Å²) in [6.07, 6.45) is 5.89. The largest absolute Gasteiger partial charge is 0.354 e. The molecule has 1 amide bonds. The normalized spacial score (nSPS) is 11.8. The van der Waals surface area contributed by atoms with Crippen molar-refractivity contribution >= 4 is 18.2 Å². The van der Waals surface area contributed by atoms with Crippen molar-refractivity contribution in [3.63, 3.8) is 0 Å². The molecule has 0 aliphatic heterocycles. The quantitative estimate of drug-likeness (QED) is 0.665. The van der Waals surface area contributed by atoms with Crippen molar-refractivity contribution in [2.24, 2.45) is 12.1 Å². The number of aryl methyl sites for hydroxylation is 1. The van der Waals surface area contributed by atoms with E-state index in [2.05, 4.69) is 10.5 Å². The summed E-state index contributed by atoms with van der Waals surface area (Å²) >= 11 is 0. The number of carbonyl (C=O) groups excluding carboxylic acids is 1. The first-order valence-electron chi connectivity index (χ1n) is 6.80. The summed E-state index contributed by atoms with van der Waals surface area (Å²) in [5.74, 6) is -0.124. The number of hydrogen-bond donors (Lipinski definition) is 1. The van der Waals surface area contributed by atoms with Crippen LogP contribution in [0.5, 0.6) is 0 Å². The van der Waals surface area contributed by atoms with Crippen molar-refractivity contribution < 1.29 is 4.79 Å². The molecule has 0 fully saturated rings. The van der Waals surface area contributed by atoms with Crippen molar-refractivity contribution in [2.75, 3.05) is 0 Å². The average molecular weight is 281 g/mol. The third-order valence-electron chi connectivity index (χ3n) is 3.04. The van der Waals surface area contributed by atoms with Crippen LogP contribution in [0.4, 0.5) is 0 Å². The number of aromatic nitrogens is 1. The molecule has 0 unspecified atom stereocenters. The van der Waals surface area contributed by atoms with E-state index in [1.54, 1.807) is 6.21 Å². The second-order valence-electron chi connectivity index (χ2n) is 4.88. The number of nitrogens with zero attached hydrogens (tertiary/aromatic N) is 2. The molecule has 1 N–H and O–H groups in total. The number of rotatable bonds is 5. The van der Waals surface area contributed by atoms with Crippen LogP contribution in [0.25, 0.3) is 6.08 Å². The molecule has 1 heterocycles. The van der Waals surface area contributed by atoms with Gasteiger partial charge in [-0.25, -0.2) is 5.43 Å². The summed E-state index contributed by atoms with van der Waals surface area (Å²) < 4.78 is 1.92. The first-order valence-corrected chi connectivity index (χ1v) is 6.80. The van der Waals surface area contributed by atoms with E-state index >= 15 is 0 Å². The number of allylic oxidation sites excluding steroid dienone is 1. The molecule has 2 aromatic rings. The third kappa shape index (κ3) is 4.76. The number of benzene rings is 1. The van der Waals surface area contributed by atoms with Gasteiger partial charge in [-0.05, 0) is 30.2 Å². The molecule has 2 rings (SSSR count). The molecule has 0 saturated carbocycles. The van der Waals surface area contributed by atoms with Crippen LogP contribution in [-0.2, 0) is 18.3 Å². The van der Waals surface area contributed by atoms with E-state index < -0.39 is 0 Å². The fraction of sp³-hybridized carbons (Fsp3) is 0.176. The van der Waals surface area contributed by atoms with Crippen molar-refractivity contribution in [1.82, 2.24) is 9.99 Å². The molecule has 21 heavy (non-hydrogen) atoms. The van der Waals surface area contributed by atoms with Gasteiger partial charge in [-0.15, -0.1) is 0 Å². The van der Waals surface area contributed by atoms with Crippen LogP contribution < -0.4 is 5.43 Å². The monoisotopic (exact) mass is 281 g/mol. The molecule has 0 spiro atoms. The molecule has 0 radical (unpaired) electrons. The second kappa shape index (κ2) is 7.24. The fourth-order valence-electron chi connectivity index (χ4n) is 1.94. The Kier molecular flexibility index (Phi) is 5.10. The molecule has 108 valence electrons. The summed E-state index contributed by atoms with van der Waals surface area (Å²) in [5, 5.41) is 3.98. The standard InChI is InChI=1S/C17H19N3O/c1-14(11-15-7-4-3-5-8-15)13-18-19-17(21)12-16-9-6-10-20(16)2/h3-11,13H,12H2,1-2H3,(H,19,21)/b14-11+,18-13-. The molecule has 0 aliphatic carbocycles. The van der Waals surface area contributed by atoms with E-state index in [0.29, 0.717) is 6.42 Å². The third-order valence-corrected chi connectivity index (χ3v) is 3.04.